The van der Waals surface area contributed by atoms with Gasteiger partial charge in [0.05, 0.1) is 12.8 Å². The Morgan fingerprint density at radius 2 is 1.96 bits per heavy atom. The molecular weight excluding hydrogens is 300 g/mol. The monoisotopic (exact) mass is 318 g/mol. The van der Waals surface area contributed by atoms with Crippen LogP contribution in [0.1, 0.15) is 10.6 Å². The van der Waals surface area contributed by atoms with E-state index in [4.69, 9.17) is 14.3 Å². The van der Waals surface area contributed by atoms with Crippen LogP contribution < -0.4 is 15.1 Å². The minimum absolute atomic E-state index is 0.263. The second kappa shape index (κ2) is 5.92. The first-order valence-corrected chi connectivity index (χ1v) is 7.33. The Labute approximate surface area is 132 Å². The molecule has 1 aliphatic heterocycles. The number of hydrogen-bond donors (Lipinski definition) is 1. The fourth-order valence-electron chi connectivity index (χ4n) is 2.79. The maximum absolute atomic E-state index is 12.3. The summed E-state index contributed by atoms with van der Waals surface area (Å²) in [6, 6.07) is 4.51. The second-order valence-electron chi connectivity index (χ2n) is 5.56. The number of hydrogen-bond acceptors (Lipinski definition) is 6. The van der Waals surface area contributed by atoms with Crippen molar-refractivity contribution in [1.29, 1.82) is 0 Å². The molecule has 23 heavy (non-hydrogen) atoms. The molecule has 0 bridgehead atoms. The first kappa shape index (κ1) is 15.4. The quantitative estimate of drug-likeness (QED) is 0.912. The number of benzene rings is 1. The maximum atomic E-state index is 12.3. The highest BCUT2D eigenvalue weighted by molar-refractivity contribution is 5.96. The molecule has 0 radical (unpaired) electrons. The van der Waals surface area contributed by atoms with E-state index in [9.17, 15) is 9.59 Å². The third kappa shape index (κ3) is 2.75. The molecule has 1 aliphatic rings. The van der Waals surface area contributed by atoms with E-state index in [1.54, 1.807) is 12.1 Å². The van der Waals surface area contributed by atoms with Gasteiger partial charge in [0.1, 0.15) is 11.1 Å². The van der Waals surface area contributed by atoms with Crippen molar-refractivity contribution >= 4 is 22.6 Å². The molecule has 0 aliphatic carbocycles. The Morgan fingerprint density at radius 1 is 1.26 bits per heavy atom. The van der Waals surface area contributed by atoms with E-state index in [2.05, 4.69) is 9.80 Å². The van der Waals surface area contributed by atoms with Crippen LogP contribution in [0.15, 0.2) is 27.4 Å². The lowest BCUT2D eigenvalue weighted by Gasteiger charge is -2.34. The molecule has 0 atom stereocenters. The second-order valence-corrected chi connectivity index (χ2v) is 5.56. The number of ether oxygens (including phenoxy) is 1. The standard InChI is InChI=1S/C16H18N2O5/c1-17-5-7-18(8-6-17)10-3-4-12(22-2)14-11(19)9-13(16(20)21)23-15(10)14/h3-4,9H,5-8H2,1-2H3,(H,20,21). The normalized spacial score (nSPS) is 15.8. The molecule has 7 heteroatoms. The number of nitrogens with zero attached hydrogens (tertiary/aromatic N) is 2. The molecule has 0 unspecified atom stereocenters. The minimum Gasteiger partial charge on any atom is -0.496 e. The molecule has 0 spiro atoms. The van der Waals surface area contributed by atoms with Crippen LogP contribution in [0, 0.1) is 0 Å². The summed E-state index contributed by atoms with van der Waals surface area (Å²) in [6.45, 7) is 3.32. The van der Waals surface area contributed by atoms with Crippen LogP contribution >= 0.6 is 0 Å². The largest absolute Gasteiger partial charge is 0.496 e. The number of piperazine rings is 1. The summed E-state index contributed by atoms with van der Waals surface area (Å²) in [5.74, 6) is -1.26. The number of anilines is 1. The Morgan fingerprint density at radius 3 is 2.57 bits per heavy atom. The summed E-state index contributed by atoms with van der Waals surface area (Å²) in [5.41, 5.74) is 0.560. The number of likely N-dealkylation sites (N-methyl/N-ethyl adjacent to an activating group) is 1. The van der Waals surface area contributed by atoms with E-state index in [0.717, 1.165) is 32.2 Å². The molecule has 1 aromatic carbocycles. The van der Waals surface area contributed by atoms with Crippen LogP contribution in [0.5, 0.6) is 5.75 Å². The van der Waals surface area contributed by atoms with Gasteiger partial charge in [0.25, 0.3) is 0 Å². The van der Waals surface area contributed by atoms with Crippen molar-refractivity contribution in [2.24, 2.45) is 0 Å². The molecule has 2 heterocycles. The number of carbonyl (C=O) groups is 1. The lowest BCUT2D eigenvalue weighted by molar-refractivity contribution is 0.0663. The molecule has 1 saturated heterocycles. The molecular formula is C16H18N2O5. The third-order valence-electron chi connectivity index (χ3n) is 4.09. The van der Waals surface area contributed by atoms with E-state index in [1.165, 1.54) is 7.11 Å². The summed E-state index contributed by atoms with van der Waals surface area (Å²) in [6.07, 6.45) is 0. The van der Waals surface area contributed by atoms with Crippen molar-refractivity contribution in [3.05, 3.63) is 34.2 Å². The Kier molecular flexibility index (Phi) is 3.96. The highest BCUT2D eigenvalue weighted by Crippen LogP contribution is 2.32. The van der Waals surface area contributed by atoms with E-state index < -0.39 is 11.4 Å². The highest BCUT2D eigenvalue weighted by Gasteiger charge is 2.22. The minimum atomic E-state index is -1.27. The van der Waals surface area contributed by atoms with Crippen LogP contribution in [0.3, 0.4) is 0 Å². The van der Waals surface area contributed by atoms with Gasteiger partial charge in [-0.05, 0) is 19.2 Å². The van der Waals surface area contributed by atoms with E-state index in [0.29, 0.717) is 11.4 Å². The number of carboxylic acid groups (broad SMARTS) is 1. The van der Waals surface area contributed by atoms with Gasteiger partial charge in [-0.3, -0.25) is 4.79 Å². The van der Waals surface area contributed by atoms with Crippen LogP contribution in [-0.4, -0.2) is 56.3 Å². The van der Waals surface area contributed by atoms with Crippen molar-refractivity contribution < 1.29 is 19.1 Å². The molecule has 1 fully saturated rings. The van der Waals surface area contributed by atoms with Crippen LogP contribution in [0.4, 0.5) is 5.69 Å². The average Bonchev–Trinajstić information content (AvgIpc) is 2.54. The summed E-state index contributed by atoms with van der Waals surface area (Å²) in [7, 11) is 3.51. The fourth-order valence-corrected chi connectivity index (χ4v) is 2.79. The first-order chi connectivity index (χ1) is 11.0. The average molecular weight is 318 g/mol. The van der Waals surface area contributed by atoms with Crippen LogP contribution in [0.25, 0.3) is 11.0 Å². The van der Waals surface area contributed by atoms with Gasteiger partial charge in [0, 0.05) is 32.2 Å². The Balaban J connectivity index is 2.22. The van der Waals surface area contributed by atoms with Gasteiger partial charge in [-0.1, -0.05) is 0 Å². The lowest BCUT2D eigenvalue weighted by atomic mass is 10.1. The SMILES string of the molecule is COc1ccc(N2CCN(C)CC2)c2oc(C(=O)O)cc(=O)c12. The molecule has 1 N–H and O–H groups in total. The Hall–Kier alpha value is -2.54. The fraction of sp³-hybridized carbons (Fsp3) is 0.375. The third-order valence-corrected chi connectivity index (χ3v) is 4.09. The molecule has 0 saturated carbocycles. The summed E-state index contributed by atoms with van der Waals surface area (Å²) in [4.78, 5) is 27.8. The highest BCUT2D eigenvalue weighted by atomic mass is 16.5. The van der Waals surface area contributed by atoms with Gasteiger partial charge in [-0.2, -0.15) is 0 Å². The molecule has 2 aromatic rings. The lowest BCUT2D eigenvalue weighted by Crippen LogP contribution is -2.44. The zero-order valence-electron chi connectivity index (χ0n) is 13.0. The van der Waals surface area contributed by atoms with Crippen LogP contribution in [-0.2, 0) is 0 Å². The molecule has 0 amide bonds. The van der Waals surface area contributed by atoms with Crippen LogP contribution in [0.2, 0.25) is 0 Å². The van der Waals surface area contributed by atoms with Crippen molar-refractivity contribution in [3.63, 3.8) is 0 Å². The van der Waals surface area contributed by atoms with Gasteiger partial charge in [-0.25, -0.2) is 4.79 Å². The maximum Gasteiger partial charge on any atom is 0.371 e. The zero-order chi connectivity index (χ0) is 16.6. The molecule has 3 rings (SSSR count). The zero-order valence-corrected chi connectivity index (χ0v) is 13.0. The van der Waals surface area contributed by atoms with E-state index in [1.807, 2.05) is 7.05 Å². The van der Waals surface area contributed by atoms with Gasteiger partial charge >= 0.3 is 5.97 Å². The molecule has 122 valence electrons. The van der Waals surface area contributed by atoms with Gasteiger partial charge in [0.15, 0.2) is 11.0 Å². The summed E-state index contributed by atoms with van der Waals surface area (Å²) in [5, 5.41) is 9.42. The number of fused-ring (bicyclic) bond motifs is 1. The van der Waals surface area contributed by atoms with Gasteiger partial charge in [-0.15, -0.1) is 0 Å². The number of rotatable bonds is 3. The number of methoxy groups -OCH3 is 1. The summed E-state index contributed by atoms with van der Waals surface area (Å²) < 4.78 is 10.8. The first-order valence-electron chi connectivity index (χ1n) is 7.33. The molecule has 1 aromatic heterocycles. The number of carboxylic acids is 1. The van der Waals surface area contributed by atoms with Crippen molar-refractivity contribution in [1.82, 2.24) is 4.90 Å². The van der Waals surface area contributed by atoms with Crippen molar-refractivity contribution in [3.8, 4) is 5.75 Å². The molecule has 7 nitrogen and oxygen atoms in total. The van der Waals surface area contributed by atoms with Gasteiger partial charge in [0.2, 0.25) is 5.76 Å². The van der Waals surface area contributed by atoms with Gasteiger partial charge < -0.3 is 24.1 Å². The van der Waals surface area contributed by atoms with E-state index >= 15 is 0 Å². The predicted octanol–water partition coefficient (Wildman–Crippen LogP) is 1.25. The topological polar surface area (TPSA) is 83.2 Å². The number of aromatic carboxylic acids is 1. The van der Waals surface area contributed by atoms with E-state index in [-0.39, 0.29) is 16.7 Å². The van der Waals surface area contributed by atoms with Crippen molar-refractivity contribution in [2.75, 3.05) is 45.2 Å². The summed E-state index contributed by atoms with van der Waals surface area (Å²) >= 11 is 0. The Bertz CT molecular complexity index is 806. The van der Waals surface area contributed by atoms with Crippen molar-refractivity contribution in [2.45, 2.75) is 0 Å². The smallest absolute Gasteiger partial charge is 0.371 e. The predicted molar refractivity (Wildman–Crippen MR) is 85.7 cm³/mol.